The highest BCUT2D eigenvalue weighted by Gasteiger charge is 2.26. The minimum atomic E-state index is -0.0691. The van der Waals surface area contributed by atoms with Crippen molar-refractivity contribution in [3.05, 3.63) is 54.6 Å². The Bertz CT molecular complexity index is 993. The number of aromatic nitrogens is 1. The number of methoxy groups -OCH3 is 1. The number of ether oxygens (including phenoxy) is 2. The Labute approximate surface area is 171 Å². The van der Waals surface area contributed by atoms with Gasteiger partial charge >= 0.3 is 5.97 Å². The van der Waals surface area contributed by atoms with Crippen LogP contribution in [-0.4, -0.2) is 37.8 Å². The Balaban J connectivity index is 1.60. The number of fused-ring (bicyclic) bond motifs is 1. The average molecular weight is 390 g/mol. The summed E-state index contributed by atoms with van der Waals surface area (Å²) in [4.78, 5) is 19.3. The SMILES string of the molecule is CCOC(=O)C1CCN(c2ccc3cccc(-c4ccc(OC)cc4)c3n2)CC1. The van der Waals surface area contributed by atoms with Crippen LogP contribution in [-0.2, 0) is 9.53 Å². The van der Waals surface area contributed by atoms with E-state index in [1.165, 1.54) is 0 Å². The first-order valence-electron chi connectivity index (χ1n) is 10.2. The summed E-state index contributed by atoms with van der Waals surface area (Å²) in [6, 6.07) is 18.5. The molecule has 1 aromatic heterocycles. The highest BCUT2D eigenvalue weighted by molar-refractivity contribution is 5.94. The van der Waals surface area contributed by atoms with Crippen molar-refractivity contribution in [2.75, 3.05) is 31.7 Å². The molecule has 2 aromatic carbocycles. The maximum absolute atomic E-state index is 12.0. The Kier molecular flexibility index (Phi) is 5.65. The summed E-state index contributed by atoms with van der Waals surface area (Å²) >= 11 is 0. The van der Waals surface area contributed by atoms with Crippen LogP contribution < -0.4 is 9.64 Å². The van der Waals surface area contributed by atoms with Crippen molar-refractivity contribution in [3.63, 3.8) is 0 Å². The lowest BCUT2D eigenvalue weighted by atomic mass is 9.97. The summed E-state index contributed by atoms with van der Waals surface area (Å²) in [6.07, 6.45) is 1.61. The van der Waals surface area contributed by atoms with Gasteiger partial charge in [0.15, 0.2) is 0 Å². The summed E-state index contributed by atoms with van der Waals surface area (Å²) in [5.74, 6) is 1.73. The van der Waals surface area contributed by atoms with E-state index in [0.29, 0.717) is 6.61 Å². The van der Waals surface area contributed by atoms with Crippen molar-refractivity contribution in [1.29, 1.82) is 0 Å². The fourth-order valence-corrected chi connectivity index (χ4v) is 3.92. The molecular formula is C24H26N2O3. The standard InChI is InChI=1S/C24H26N2O3/c1-3-29-24(27)19-13-15-26(16-14-19)22-12-9-18-5-4-6-21(23(18)25-22)17-7-10-20(28-2)11-8-17/h4-12,19H,3,13-16H2,1-2H3. The maximum Gasteiger partial charge on any atom is 0.309 e. The predicted molar refractivity (Wildman–Crippen MR) is 115 cm³/mol. The number of carbonyl (C=O) groups excluding carboxylic acids is 1. The van der Waals surface area contributed by atoms with E-state index in [4.69, 9.17) is 14.5 Å². The number of esters is 1. The van der Waals surface area contributed by atoms with Gasteiger partial charge in [-0.05, 0) is 49.6 Å². The van der Waals surface area contributed by atoms with Gasteiger partial charge in [0, 0.05) is 24.0 Å². The number of para-hydroxylation sites is 1. The van der Waals surface area contributed by atoms with Gasteiger partial charge in [0.1, 0.15) is 11.6 Å². The first-order valence-corrected chi connectivity index (χ1v) is 10.2. The monoisotopic (exact) mass is 390 g/mol. The number of anilines is 1. The number of piperidine rings is 1. The van der Waals surface area contributed by atoms with Crippen LogP contribution in [0.4, 0.5) is 5.82 Å². The zero-order valence-corrected chi connectivity index (χ0v) is 16.9. The first kappa shape index (κ1) is 19.2. The molecule has 5 nitrogen and oxygen atoms in total. The summed E-state index contributed by atoms with van der Waals surface area (Å²) < 4.78 is 10.5. The molecular weight excluding hydrogens is 364 g/mol. The van der Waals surface area contributed by atoms with Crippen molar-refractivity contribution < 1.29 is 14.3 Å². The highest BCUT2D eigenvalue weighted by atomic mass is 16.5. The molecule has 4 rings (SSSR count). The largest absolute Gasteiger partial charge is 0.497 e. The number of hydrogen-bond donors (Lipinski definition) is 0. The number of rotatable bonds is 5. The van der Waals surface area contributed by atoms with Crippen molar-refractivity contribution in [2.24, 2.45) is 5.92 Å². The third-order valence-electron chi connectivity index (χ3n) is 5.55. The molecule has 0 bridgehead atoms. The van der Waals surface area contributed by atoms with E-state index in [1.807, 2.05) is 19.1 Å². The normalized spacial score (nSPS) is 14.8. The second-order valence-corrected chi connectivity index (χ2v) is 7.29. The fraction of sp³-hybridized carbons (Fsp3) is 0.333. The lowest BCUT2D eigenvalue weighted by Crippen LogP contribution is -2.37. The molecule has 0 unspecified atom stereocenters. The van der Waals surface area contributed by atoms with Gasteiger partial charge in [0.05, 0.1) is 25.2 Å². The number of pyridine rings is 1. The van der Waals surface area contributed by atoms with E-state index >= 15 is 0 Å². The molecule has 0 spiro atoms. The predicted octanol–water partition coefficient (Wildman–Crippen LogP) is 4.69. The summed E-state index contributed by atoms with van der Waals surface area (Å²) in [5, 5.41) is 1.11. The molecule has 0 saturated carbocycles. The van der Waals surface area contributed by atoms with Crippen LogP contribution in [0.2, 0.25) is 0 Å². The van der Waals surface area contributed by atoms with E-state index in [2.05, 4.69) is 47.4 Å². The topological polar surface area (TPSA) is 51.7 Å². The van der Waals surface area contributed by atoms with Crippen LogP contribution in [0.1, 0.15) is 19.8 Å². The van der Waals surface area contributed by atoms with Gasteiger partial charge in [-0.15, -0.1) is 0 Å². The molecule has 29 heavy (non-hydrogen) atoms. The molecule has 1 aliphatic rings. The van der Waals surface area contributed by atoms with Crippen molar-refractivity contribution in [1.82, 2.24) is 4.98 Å². The van der Waals surface area contributed by atoms with Crippen LogP contribution in [0.25, 0.3) is 22.0 Å². The molecule has 2 heterocycles. The zero-order chi connectivity index (χ0) is 20.2. The van der Waals surface area contributed by atoms with E-state index in [0.717, 1.165) is 59.5 Å². The van der Waals surface area contributed by atoms with Gasteiger partial charge < -0.3 is 14.4 Å². The lowest BCUT2D eigenvalue weighted by molar-refractivity contribution is -0.148. The Morgan fingerprint density at radius 1 is 1.07 bits per heavy atom. The molecule has 0 amide bonds. The van der Waals surface area contributed by atoms with E-state index in [9.17, 15) is 4.79 Å². The van der Waals surface area contributed by atoms with Crippen LogP contribution in [0.15, 0.2) is 54.6 Å². The number of benzene rings is 2. The van der Waals surface area contributed by atoms with Crippen LogP contribution in [0, 0.1) is 5.92 Å². The van der Waals surface area contributed by atoms with Gasteiger partial charge in [0.25, 0.3) is 0 Å². The van der Waals surface area contributed by atoms with Crippen LogP contribution in [0.3, 0.4) is 0 Å². The number of carbonyl (C=O) groups is 1. The van der Waals surface area contributed by atoms with Gasteiger partial charge in [-0.2, -0.15) is 0 Å². The second kappa shape index (κ2) is 8.52. The van der Waals surface area contributed by atoms with Crippen LogP contribution in [0.5, 0.6) is 5.75 Å². The lowest BCUT2D eigenvalue weighted by Gasteiger charge is -2.31. The van der Waals surface area contributed by atoms with E-state index < -0.39 is 0 Å². The molecule has 0 N–H and O–H groups in total. The summed E-state index contributed by atoms with van der Waals surface area (Å²) in [7, 11) is 1.67. The molecule has 0 aliphatic carbocycles. The van der Waals surface area contributed by atoms with E-state index in [-0.39, 0.29) is 11.9 Å². The van der Waals surface area contributed by atoms with Gasteiger partial charge in [-0.25, -0.2) is 4.98 Å². The average Bonchev–Trinajstić information content (AvgIpc) is 2.78. The number of nitrogens with zero attached hydrogens (tertiary/aromatic N) is 2. The summed E-state index contributed by atoms with van der Waals surface area (Å²) in [5.41, 5.74) is 3.21. The van der Waals surface area contributed by atoms with Crippen molar-refractivity contribution in [2.45, 2.75) is 19.8 Å². The molecule has 0 radical (unpaired) electrons. The molecule has 5 heteroatoms. The summed E-state index contributed by atoms with van der Waals surface area (Å²) in [6.45, 7) is 3.92. The molecule has 1 aliphatic heterocycles. The van der Waals surface area contributed by atoms with Gasteiger partial charge in [0.2, 0.25) is 0 Å². The highest BCUT2D eigenvalue weighted by Crippen LogP contribution is 2.31. The fourth-order valence-electron chi connectivity index (χ4n) is 3.92. The molecule has 1 saturated heterocycles. The van der Waals surface area contributed by atoms with Crippen molar-refractivity contribution in [3.8, 4) is 16.9 Å². The zero-order valence-electron chi connectivity index (χ0n) is 16.9. The minimum absolute atomic E-state index is 0.00140. The molecule has 0 atom stereocenters. The smallest absolute Gasteiger partial charge is 0.309 e. The number of hydrogen-bond acceptors (Lipinski definition) is 5. The van der Waals surface area contributed by atoms with Crippen LogP contribution >= 0.6 is 0 Å². The van der Waals surface area contributed by atoms with Gasteiger partial charge in [-0.3, -0.25) is 4.79 Å². The maximum atomic E-state index is 12.0. The third kappa shape index (κ3) is 4.04. The van der Waals surface area contributed by atoms with Crippen molar-refractivity contribution >= 4 is 22.7 Å². The molecule has 1 fully saturated rings. The molecule has 150 valence electrons. The Morgan fingerprint density at radius 2 is 1.83 bits per heavy atom. The Morgan fingerprint density at radius 3 is 2.52 bits per heavy atom. The van der Waals surface area contributed by atoms with E-state index in [1.54, 1.807) is 7.11 Å². The Hall–Kier alpha value is -3.08. The third-order valence-corrected chi connectivity index (χ3v) is 5.55. The molecule has 3 aromatic rings. The van der Waals surface area contributed by atoms with Gasteiger partial charge in [-0.1, -0.05) is 30.3 Å². The first-order chi connectivity index (χ1) is 14.2. The second-order valence-electron chi connectivity index (χ2n) is 7.29. The minimum Gasteiger partial charge on any atom is -0.497 e. The quantitative estimate of drug-likeness (QED) is 0.592.